The summed E-state index contributed by atoms with van der Waals surface area (Å²) in [5.74, 6) is -2.18. The molecule has 0 aromatic heterocycles. The first-order valence-electron chi connectivity index (χ1n) is 9.48. The van der Waals surface area contributed by atoms with Crippen molar-refractivity contribution in [3.8, 4) is 0 Å². The van der Waals surface area contributed by atoms with Gasteiger partial charge in [0.2, 0.25) is 5.91 Å². The van der Waals surface area contributed by atoms with Crippen LogP contribution in [0.2, 0.25) is 0 Å². The first-order chi connectivity index (χ1) is 13.1. The van der Waals surface area contributed by atoms with Crippen molar-refractivity contribution in [2.45, 2.75) is 63.6 Å². The number of carboxylic acid groups (broad SMARTS) is 2. The van der Waals surface area contributed by atoms with Crippen LogP contribution in [-0.4, -0.2) is 65.8 Å². The highest BCUT2D eigenvalue weighted by atomic mass is 16.4. The maximum atomic E-state index is 11.5. The lowest BCUT2D eigenvalue weighted by Gasteiger charge is -2.13. The van der Waals surface area contributed by atoms with Gasteiger partial charge in [0.1, 0.15) is 12.1 Å². The lowest BCUT2D eigenvalue weighted by Crippen LogP contribution is -2.41. The molecule has 28 heavy (non-hydrogen) atoms. The summed E-state index contributed by atoms with van der Waals surface area (Å²) in [6.07, 6.45) is 3.72. The van der Waals surface area contributed by atoms with Gasteiger partial charge in [0, 0.05) is 6.54 Å². The number of hydrogen-bond acceptors (Lipinski definition) is 8. The molecule has 4 atom stereocenters. The van der Waals surface area contributed by atoms with Crippen molar-refractivity contribution in [3.05, 3.63) is 0 Å². The van der Waals surface area contributed by atoms with E-state index in [0.717, 1.165) is 6.42 Å². The van der Waals surface area contributed by atoms with Gasteiger partial charge in [-0.1, -0.05) is 6.92 Å². The summed E-state index contributed by atoms with van der Waals surface area (Å²) >= 11 is 0. The van der Waals surface area contributed by atoms with Crippen LogP contribution in [0.4, 0.5) is 0 Å². The smallest absolute Gasteiger partial charge is 0.320 e. The van der Waals surface area contributed by atoms with Gasteiger partial charge in [-0.15, -0.1) is 0 Å². The zero-order valence-corrected chi connectivity index (χ0v) is 16.7. The molecule has 0 rings (SSSR count). The lowest BCUT2D eigenvalue weighted by molar-refractivity contribution is -0.140. The number of carbonyl (C=O) groups is 3. The SMILES string of the molecule is CC(CCN)[C@H](N)C(=O)O.NCCCC(N)C(=O)NCCCC[C@H](N)C(=O)O. The third kappa shape index (κ3) is 15.3. The summed E-state index contributed by atoms with van der Waals surface area (Å²) < 4.78 is 0. The third-order valence-electron chi connectivity index (χ3n) is 4.13. The third-order valence-corrected chi connectivity index (χ3v) is 4.13. The van der Waals surface area contributed by atoms with Crippen molar-refractivity contribution in [1.29, 1.82) is 0 Å². The fourth-order valence-corrected chi connectivity index (χ4v) is 2.11. The number of rotatable bonds is 14. The summed E-state index contributed by atoms with van der Waals surface area (Å²) in [6.45, 7) is 3.28. The molecular weight excluding hydrogens is 368 g/mol. The Balaban J connectivity index is 0. The molecule has 2 unspecified atom stereocenters. The number of amides is 1. The normalized spacial score (nSPS) is 14.8. The van der Waals surface area contributed by atoms with Gasteiger partial charge >= 0.3 is 11.9 Å². The molecular formula is C17H38N6O5. The van der Waals surface area contributed by atoms with Crippen LogP contribution in [-0.2, 0) is 14.4 Å². The molecule has 0 aliphatic rings. The van der Waals surface area contributed by atoms with Crippen LogP contribution in [0.3, 0.4) is 0 Å². The fourth-order valence-electron chi connectivity index (χ4n) is 2.11. The molecule has 166 valence electrons. The Morgan fingerprint density at radius 2 is 1.39 bits per heavy atom. The summed E-state index contributed by atoms with van der Waals surface area (Å²) in [5.41, 5.74) is 26.8. The van der Waals surface area contributed by atoms with Crippen LogP contribution in [0.15, 0.2) is 0 Å². The van der Waals surface area contributed by atoms with Crippen molar-refractivity contribution < 1.29 is 24.6 Å². The predicted octanol–water partition coefficient (Wildman–Crippen LogP) is -1.87. The van der Waals surface area contributed by atoms with Gasteiger partial charge in [-0.2, -0.15) is 0 Å². The largest absolute Gasteiger partial charge is 0.480 e. The first kappa shape index (κ1) is 28.4. The molecule has 0 saturated carbocycles. The van der Waals surface area contributed by atoms with Crippen LogP contribution in [0.5, 0.6) is 0 Å². The van der Waals surface area contributed by atoms with Gasteiger partial charge < -0.3 is 44.2 Å². The van der Waals surface area contributed by atoms with E-state index < -0.39 is 30.1 Å². The van der Waals surface area contributed by atoms with Gasteiger partial charge in [0.05, 0.1) is 6.04 Å². The Kier molecular flexibility index (Phi) is 17.6. The van der Waals surface area contributed by atoms with E-state index in [1.807, 2.05) is 0 Å². The van der Waals surface area contributed by atoms with Gasteiger partial charge in [-0.25, -0.2) is 0 Å². The Labute approximate surface area is 166 Å². The Morgan fingerprint density at radius 1 is 0.821 bits per heavy atom. The number of unbranched alkanes of at least 4 members (excludes halogenated alkanes) is 1. The summed E-state index contributed by atoms with van der Waals surface area (Å²) in [6, 6.07) is -2.12. The second kappa shape index (κ2) is 17.3. The molecule has 0 heterocycles. The molecule has 1 amide bonds. The molecule has 0 fully saturated rings. The lowest BCUT2D eigenvalue weighted by atomic mass is 10.00. The quantitative estimate of drug-likeness (QED) is 0.150. The topological polar surface area (TPSA) is 234 Å². The van der Waals surface area contributed by atoms with Gasteiger partial charge in [0.25, 0.3) is 0 Å². The van der Waals surface area contributed by atoms with Crippen molar-refractivity contribution >= 4 is 17.8 Å². The maximum Gasteiger partial charge on any atom is 0.320 e. The van der Waals surface area contributed by atoms with Crippen LogP contribution in [0.25, 0.3) is 0 Å². The standard InChI is InChI=1S/C11H24N4O3.C6H14N2O2/c12-6-3-5-8(13)10(16)15-7-2-1-4-9(14)11(17)18;1-4(2-3-7)5(8)6(9)10/h8-9H,1-7,12-14H2,(H,15,16)(H,17,18);4-5H,2-3,7-8H2,1H3,(H,9,10)/t8?,9-;4?,5-/m00/s1. The number of aliphatic carboxylic acids is 2. The van der Waals surface area contributed by atoms with Crippen LogP contribution in [0.1, 0.15) is 45.4 Å². The molecule has 11 heteroatoms. The second-order valence-electron chi connectivity index (χ2n) is 6.69. The number of nitrogens with one attached hydrogen (secondary N) is 1. The molecule has 0 aliphatic carbocycles. The summed E-state index contributed by atoms with van der Waals surface area (Å²) in [5, 5.41) is 19.7. The van der Waals surface area contributed by atoms with Gasteiger partial charge in [-0.05, 0) is 57.5 Å². The van der Waals surface area contributed by atoms with Crippen molar-refractivity contribution in [1.82, 2.24) is 5.32 Å². The zero-order chi connectivity index (χ0) is 22.1. The highest BCUT2D eigenvalue weighted by molar-refractivity contribution is 5.81. The molecule has 0 saturated heterocycles. The van der Waals surface area contributed by atoms with Crippen molar-refractivity contribution in [2.75, 3.05) is 19.6 Å². The van der Waals surface area contributed by atoms with E-state index in [1.54, 1.807) is 6.92 Å². The van der Waals surface area contributed by atoms with E-state index in [4.69, 9.17) is 38.9 Å². The molecule has 0 aromatic rings. The zero-order valence-electron chi connectivity index (χ0n) is 16.7. The average molecular weight is 407 g/mol. The highest BCUT2D eigenvalue weighted by Crippen LogP contribution is 2.04. The number of nitrogens with two attached hydrogens (primary N) is 5. The van der Waals surface area contributed by atoms with Crippen molar-refractivity contribution in [3.63, 3.8) is 0 Å². The van der Waals surface area contributed by atoms with E-state index in [2.05, 4.69) is 5.32 Å². The van der Waals surface area contributed by atoms with E-state index in [-0.39, 0.29) is 11.8 Å². The van der Waals surface area contributed by atoms with Gasteiger partial charge in [-0.3, -0.25) is 14.4 Å². The predicted molar refractivity (Wildman–Crippen MR) is 107 cm³/mol. The fraction of sp³-hybridized carbons (Fsp3) is 0.824. The van der Waals surface area contributed by atoms with Crippen molar-refractivity contribution in [2.24, 2.45) is 34.6 Å². The van der Waals surface area contributed by atoms with Crippen LogP contribution < -0.4 is 34.0 Å². The highest BCUT2D eigenvalue weighted by Gasteiger charge is 2.18. The van der Waals surface area contributed by atoms with Crippen LogP contribution >= 0.6 is 0 Å². The Morgan fingerprint density at radius 3 is 1.86 bits per heavy atom. The number of hydrogen-bond donors (Lipinski definition) is 8. The van der Waals surface area contributed by atoms with E-state index in [0.29, 0.717) is 51.7 Å². The van der Waals surface area contributed by atoms with E-state index in [9.17, 15) is 14.4 Å². The van der Waals surface area contributed by atoms with E-state index >= 15 is 0 Å². The molecule has 0 aromatic carbocycles. The monoisotopic (exact) mass is 406 g/mol. The molecule has 11 nitrogen and oxygen atoms in total. The van der Waals surface area contributed by atoms with E-state index in [1.165, 1.54) is 0 Å². The average Bonchev–Trinajstić information content (AvgIpc) is 2.65. The summed E-state index contributed by atoms with van der Waals surface area (Å²) in [7, 11) is 0. The molecule has 0 spiro atoms. The maximum absolute atomic E-state index is 11.5. The number of carbonyl (C=O) groups excluding carboxylic acids is 1. The number of carboxylic acids is 2. The molecule has 0 radical (unpaired) electrons. The van der Waals surface area contributed by atoms with Crippen LogP contribution in [0, 0.1) is 5.92 Å². The summed E-state index contributed by atoms with van der Waals surface area (Å²) in [4.78, 5) is 32.1. The minimum absolute atomic E-state index is 0.0394. The minimum Gasteiger partial charge on any atom is -0.480 e. The Bertz CT molecular complexity index is 452. The van der Waals surface area contributed by atoms with Gasteiger partial charge in [0.15, 0.2) is 0 Å². The Hall–Kier alpha value is -1.79. The molecule has 13 N–H and O–H groups in total. The first-order valence-corrected chi connectivity index (χ1v) is 9.48. The minimum atomic E-state index is -0.997. The second-order valence-corrected chi connectivity index (χ2v) is 6.69. The molecule has 0 aliphatic heterocycles. The molecule has 0 bridgehead atoms.